The minimum atomic E-state index is 0.486. The van der Waals surface area contributed by atoms with E-state index in [1.54, 1.807) is 0 Å². The van der Waals surface area contributed by atoms with Crippen molar-refractivity contribution in [3.8, 4) is 0 Å². The maximum atomic E-state index is 5.97. The van der Waals surface area contributed by atoms with Crippen molar-refractivity contribution in [3.05, 3.63) is 23.8 Å². The summed E-state index contributed by atoms with van der Waals surface area (Å²) in [6, 6.07) is 0. The zero-order valence-corrected chi connectivity index (χ0v) is 14.7. The molecule has 2 aliphatic carbocycles. The van der Waals surface area contributed by atoms with E-state index in [1.165, 1.54) is 76.2 Å². The molecule has 0 atom stereocenters. The van der Waals surface area contributed by atoms with Gasteiger partial charge in [0.25, 0.3) is 0 Å². The molecule has 2 fully saturated rings. The lowest BCUT2D eigenvalue weighted by Crippen LogP contribution is -2.21. The SMILES string of the molecule is CCCCOC1CCC(c2cnc(C3CCCCC3)nc2)CC1. The molecule has 3 heteroatoms. The highest BCUT2D eigenvalue weighted by Gasteiger charge is 2.24. The van der Waals surface area contributed by atoms with E-state index in [4.69, 9.17) is 14.7 Å². The average molecular weight is 316 g/mol. The molecule has 0 unspecified atom stereocenters. The summed E-state index contributed by atoms with van der Waals surface area (Å²) in [5.41, 5.74) is 1.34. The van der Waals surface area contributed by atoms with Crippen molar-refractivity contribution in [2.45, 2.75) is 95.5 Å². The lowest BCUT2D eigenvalue weighted by molar-refractivity contribution is 0.0232. The molecule has 0 N–H and O–H groups in total. The zero-order valence-electron chi connectivity index (χ0n) is 14.7. The molecule has 23 heavy (non-hydrogen) atoms. The van der Waals surface area contributed by atoms with Gasteiger partial charge in [0.15, 0.2) is 0 Å². The van der Waals surface area contributed by atoms with E-state index >= 15 is 0 Å². The molecule has 0 aliphatic heterocycles. The van der Waals surface area contributed by atoms with Gasteiger partial charge in [-0.3, -0.25) is 0 Å². The van der Waals surface area contributed by atoms with Gasteiger partial charge in [0.1, 0.15) is 5.82 Å². The Bertz CT molecular complexity index is 445. The lowest BCUT2D eigenvalue weighted by Gasteiger charge is -2.28. The fraction of sp³-hybridized carbons (Fsp3) is 0.800. The molecule has 128 valence electrons. The van der Waals surface area contributed by atoms with Crippen LogP contribution in [0.15, 0.2) is 12.4 Å². The second kappa shape index (κ2) is 8.77. The van der Waals surface area contributed by atoms with Crippen LogP contribution >= 0.6 is 0 Å². The van der Waals surface area contributed by atoms with Gasteiger partial charge in [-0.2, -0.15) is 0 Å². The number of hydrogen-bond acceptors (Lipinski definition) is 3. The second-order valence-electron chi connectivity index (χ2n) is 7.41. The third kappa shape index (κ3) is 4.76. The van der Waals surface area contributed by atoms with E-state index in [2.05, 4.69) is 19.3 Å². The normalized spacial score (nSPS) is 26.3. The second-order valence-corrected chi connectivity index (χ2v) is 7.41. The molecule has 0 bridgehead atoms. The molecule has 1 aromatic heterocycles. The Morgan fingerprint density at radius 2 is 1.61 bits per heavy atom. The van der Waals surface area contributed by atoms with Crippen molar-refractivity contribution in [1.29, 1.82) is 0 Å². The van der Waals surface area contributed by atoms with Crippen LogP contribution in [-0.2, 0) is 4.74 Å². The topological polar surface area (TPSA) is 35.0 Å². The van der Waals surface area contributed by atoms with Crippen molar-refractivity contribution in [2.24, 2.45) is 0 Å². The van der Waals surface area contributed by atoms with Gasteiger partial charge >= 0.3 is 0 Å². The molecule has 0 saturated heterocycles. The van der Waals surface area contributed by atoms with Gasteiger partial charge in [-0.1, -0.05) is 32.6 Å². The molecule has 0 aromatic carbocycles. The van der Waals surface area contributed by atoms with E-state index in [9.17, 15) is 0 Å². The van der Waals surface area contributed by atoms with Crippen LogP contribution in [0.25, 0.3) is 0 Å². The number of rotatable bonds is 6. The first kappa shape index (κ1) is 16.9. The summed E-state index contributed by atoms with van der Waals surface area (Å²) < 4.78 is 5.97. The van der Waals surface area contributed by atoms with Gasteiger partial charge in [0.2, 0.25) is 0 Å². The molecule has 2 saturated carbocycles. The molecule has 0 radical (unpaired) electrons. The summed E-state index contributed by atoms with van der Waals surface area (Å²) in [4.78, 5) is 9.43. The molecule has 1 heterocycles. The highest BCUT2D eigenvalue weighted by molar-refractivity contribution is 5.14. The first-order chi connectivity index (χ1) is 11.4. The first-order valence-corrected chi connectivity index (χ1v) is 9.80. The molecule has 2 aliphatic rings. The highest BCUT2D eigenvalue weighted by atomic mass is 16.5. The Balaban J connectivity index is 1.48. The predicted octanol–water partition coefficient (Wildman–Crippen LogP) is 5.37. The van der Waals surface area contributed by atoms with E-state index in [1.807, 2.05) is 0 Å². The monoisotopic (exact) mass is 316 g/mol. The van der Waals surface area contributed by atoms with E-state index in [-0.39, 0.29) is 0 Å². The summed E-state index contributed by atoms with van der Waals surface area (Å²) in [5.74, 6) is 2.34. The number of hydrogen-bond donors (Lipinski definition) is 0. The molecule has 1 aromatic rings. The van der Waals surface area contributed by atoms with Crippen molar-refractivity contribution < 1.29 is 4.74 Å². The summed E-state index contributed by atoms with van der Waals surface area (Å²) in [6.07, 6.45) is 18.6. The summed E-state index contributed by atoms with van der Waals surface area (Å²) in [6.45, 7) is 3.16. The van der Waals surface area contributed by atoms with Crippen LogP contribution in [0.4, 0.5) is 0 Å². The van der Waals surface area contributed by atoms with E-state index in [0.717, 1.165) is 12.4 Å². The van der Waals surface area contributed by atoms with Gasteiger partial charge in [0, 0.05) is 24.9 Å². The Morgan fingerprint density at radius 3 is 2.26 bits per heavy atom. The third-order valence-electron chi connectivity index (χ3n) is 5.66. The largest absolute Gasteiger partial charge is 0.378 e. The predicted molar refractivity (Wildman–Crippen MR) is 93.7 cm³/mol. The molecule has 3 nitrogen and oxygen atoms in total. The average Bonchev–Trinajstić information content (AvgIpc) is 2.63. The van der Waals surface area contributed by atoms with Gasteiger partial charge in [0.05, 0.1) is 6.10 Å². The fourth-order valence-electron chi connectivity index (χ4n) is 4.09. The lowest BCUT2D eigenvalue weighted by atomic mass is 9.83. The molecule has 0 amide bonds. The standard InChI is InChI=1S/C20H32N2O/c1-2-3-13-23-19-11-9-16(10-12-19)18-14-21-20(22-15-18)17-7-5-4-6-8-17/h14-17,19H,2-13H2,1H3. The highest BCUT2D eigenvalue weighted by Crippen LogP contribution is 2.35. The maximum Gasteiger partial charge on any atom is 0.131 e. The first-order valence-electron chi connectivity index (χ1n) is 9.80. The summed E-state index contributed by atoms with van der Waals surface area (Å²) >= 11 is 0. The van der Waals surface area contributed by atoms with Crippen LogP contribution in [0.2, 0.25) is 0 Å². The van der Waals surface area contributed by atoms with E-state index < -0.39 is 0 Å². The van der Waals surface area contributed by atoms with Crippen LogP contribution in [-0.4, -0.2) is 22.7 Å². The molecular formula is C20H32N2O. The van der Waals surface area contributed by atoms with Crippen LogP contribution in [0.3, 0.4) is 0 Å². The van der Waals surface area contributed by atoms with Crippen molar-refractivity contribution in [2.75, 3.05) is 6.61 Å². The number of unbranched alkanes of at least 4 members (excludes halogenated alkanes) is 1. The van der Waals surface area contributed by atoms with Gasteiger partial charge < -0.3 is 4.74 Å². The summed E-state index contributed by atoms with van der Waals surface area (Å²) in [5, 5.41) is 0. The number of nitrogens with zero attached hydrogens (tertiary/aromatic N) is 2. The Hall–Kier alpha value is -0.960. The van der Waals surface area contributed by atoms with Crippen molar-refractivity contribution in [1.82, 2.24) is 9.97 Å². The Morgan fingerprint density at radius 1 is 0.913 bits per heavy atom. The molecule has 3 rings (SSSR count). The molecule has 0 spiro atoms. The van der Waals surface area contributed by atoms with Crippen LogP contribution in [0.1, 0.15) is 101 Å². The number of aromatic nitrogens is 2. The van der Waals surface area contributed by atoms with Crippen LogP contribution in [0, 0.1) is 0 Å². The third-order valence-corrected chi connectivity index (χ3v) is 5.66. The zero-order chi connectivity index (χ0) is 15.9. The quantitative estimate of drug-likeness (QED) is 0.662. The van der Waals surface area contributed by atoms with Crippen LogP contribution in [0.5, 0.6) is 0 Å². The van der Waals surface area contributed by atoms with E-state index in [0.29, 0.717) is 17.9 Å². The maximum absolute atomic E-state index is 5.97. The smallest absolute Gasteiger partial charge is 0.131 e. The van der Waals surface area contributed by atoms with Gasteiger partial charge in [-0.15, -0.1) is 0 Å². The van der Waals surface area contributed by atoms with Gasteiger partial charge in [-0.25, -0.2) is 9.97 Å². The van der Waals surface area contributed by atoms with Crippen LogP contribution < -0.4 is 0 Å². The van der Waals surface area contributed by atoms with Crippen molar-refractivity contribution >= 4 is 0 Å². The summed E-state index contributed by atoms with van der Waals surface area (Å²) in [7, 11) is 0. The van der Waals surface area contributed by atoms with Gasteiger partial charge in [-0.05, 0) is 56.4 Å². The minimum Gasteiger partial charge on any atom is -0.378 e. The minimum absolute atomic E-state index is 0.486. The Kier molecular flexibility index (Phi) is 6.44. The number of ether oxygens (including phenoxy) is 1. The fourth-order valence-corrected chi connectivity index (χ4v) is 4.09. The van der Waals surface area contributed by atoms with Crippen molar-refractivity contribution in [3.63, 3.8) is 0 Å². The Labute approximate surface area is 141 Å². The molecular weight excluding hydrogens is 284 g/mol.